The first-order valence-corrected chi connectivity index (χ1v) is 7.25. The third-order valence-electron chi connectivity index (χ3n) is 4.02. The molecule has 1 aromatic rings. The van der Waals surface area contributed by atoms with Crippen molar-refractivity contribution in [1.29, 1.82) is 0 Å². The first-order valence-electron chi connectivity index (χ1n) is 7.25. The molecule has 0 amide bonds. The van der Waals surface area contributed by atoms with Crippen molar-refractivity contribution >= 4 is 5.69 Å². The average Bonchev–Trinajstić information content (AvgIpc) is 2.64. The Labute approximate surface area is 120 Å². The van der Waals surface area contributed by atoms with Gasteiger partial charge in [0.1, 0.15) is 0 Å². The van der Waals surface area contributed by atoms with Gasteiger partial charge in [-0.3, -0.25) is 10.1 Å². The van der Waals surface area contributed by atoms with Gasteiger partial charge in [0.25, 0.3) is 5.69 Å². The Morgan fingerprint density at radius 3 is 2.95 bits per heavy atom. The number of rotatable bonds is 4. The number of hydrogen-bond donors (Lipinski definition) is 1. The highest BCUT2D eigenvalue weighted by molar-refractivity contribution is 5.35. The molecule has 1 aliphatic rings. The van der Waals surface area contributed by atoms with E-state index in [9.17, 15) is 10.1 Å². The lowest BCUT2D eigenvalue weighted by molar-refractivity contribution is -0.384. The number of benzene rings is 1. The monoisotopic (exact) mass is 277 g/mol. The van der Waals surface area contributed by atoms with Crippen molar-refractivity contribution in [3.05, 3.63) is 39.9 Å². The molecule has 1 heterocycles. The third kappa shape index (κ3) is 4.02. The van der Waals surface area contributed by atoms with Crippen LogP contribution in [-0.2, 0) is 0 Å². The predicted octanol–water partition coefficient (Wildman–Crippen LogP) is 2.73. The van der Waals surface area contributed by atoms with Gasteiger partial charge in [-0.15, -0.1) is 0 Å². The molecule has 1 aromatic carbocycles. The van der Waals surface area contributed by atoms with Crippen LogP contribution in [0.25, 0.3) is 0 Å². The summed E-state index contributed by atoms with van der Waals surface area (Å²) in [5.74, 6) is 0. The largest absolute Gasteiger partial charge is 0.307 e. The van der Waals surface area contributed by atoms with E-state index in [4.69, 9.17) is 0 Å². The average molecular weight is 277 g/mol. The summed E-state index contributed by atoms with van der Waals surface area (Å²) >= 11 is 0. The van der Waals surface area contributed by atoms with Crippen LogP contribution in [0.4, 0.5) is 5.69 Å². The second-order valence-electron chi connectivity index (χ2n) is 5.67. The Bertz CT molecular complexity index is 464. The molecule has 20 heavy (non-hydrogen) atoms. The molecule has 0 bridgehead atoms. The van der Waals surface area contributed by atoms with E-state index >= 15 is 0 Å². The van der Waals surface area contributed by atoms with E-state index in [-0.39, 0.29) is 16.7 Å². The lowest BCUT2D eigenvalue weighted by atomic mass is 10.0. The van der Waals surface area contributed by atoms with E-state index in [0.29, 0.717) is 6.04 Å². The quantitative estimate of drug-likeness (QED) is 0.679. The van der Waals surface area contributed by atoms with Crippen LogP contribution in [0.1, 0.15) is 37.8 Å². The van der Waals surface area contributed by atoms with Gasteiger partial charge in [-0.2, -0.15) is 0 Å². The summed E-state index contributed by atoms with van der Waals surface area (Å²) in [6.45, 7) is 4.34. The number of hydrogen-bond acceptors (Lipinski definition) is 4. The number of nitro groups is 1. The van der Waals surface area contributed by atoms with Crippen molar-refractivity contribution in [3.8, 4) is 0 Å². The van der Waals surface area contributed by atoms with Crippen molar-refractivity contribution in [2.75, 3.05) is 20.1 Å². The number of nitrogens with one attached hydrogen (secondary N) is 1. The Hall–Kier alpha value is -1.46. The third-order valence-corrected chi connectivity index (χ3v) is 4.02. The van der Waals surface area contributed by atoms with E-state index in [1.165, 1.54) is 18.9 Å². The Morgan fingerprint density at radius 1 is 1.40 bits per heavy atom. The number of likely N-dealkylation sites (tertiary alicyclic amines) is 1. The molecule has 5 heteroatoms. The summed E-state index contributed by atoms with van der Waals surface area (Å²) in [6.07, 6.45) is 3.51. The second kappa shape index (κ2) is 6.81. The van der Waals surface area contributed by atoms with Crippen LogP contribution in [0.2, 0.25) is 0 Å². The zero-order chi connectivity index (χ0) is 14.5. The molecule has 0 saturated carbocycles. The summed E-state index contributed by atoms with van der Waals surface area (Å²) in [6, 6.07) is 7.55. The van der Waals surface area contributed by atoms with Crippen LogP contribution in [0.15, 0.2) is 24.3 Å². The fourth-order valence-corrected chi connectivity index (χ4v) is 2.76. The summed E-state index contributed by atoms with van der Waals surface area (Å²) in [5.41, 5.74) is 1.15. The smallest absolute Gasteiger partial charge is 0.269 e. The van der Waals surface area contributed by atoms with Gasteiger partial charge in [-0.1, -0.05) is 12.1 Å². The van der Waals surface area contributed by atoms with Crippen LogP contribution in [0.5, 0.6) is 0 Å². The Kier molecular flexibility index (Phi) is 5.09. The minimum atomic E-state index is -0.336. The van der Waals surface area contributed by atoms with Crippen molar-refractivity contribution in [2.45, 2.75) is 38.3 Å². The molecule has 2 unspecified atom stereocenters. The molecule has 1 aliphatic heterocycles. The van der Waals surface area contributed by atoms with Crippen molar-refractivity contribution in [3.63, 3.8) is 0 Å². The van der Waals surface area contributed by atoms with Gasteiger partial charge >= 0.3 is 0 Å². The fraction of sp³-hybridized carbons (Fsp3) is 0.600. The highest BCUT2D eigenvalue weighted by atomic mass is 16.6. The number of nitrogens with zero attached hydrogens (tertiary/aromatic N) is 2. The topological polar surface area (TPSA) is 58.4 Å². The second-order valence-corrected chi connectivity index (χ2v) is 5.67. The maximum absolute atomic E-state index is 10.8. The molecule has 2 atom stereocenters. The molecular formula is C15H23N3O2. The predicted molar refractivity (Wildman–Crippen MR) is 79.8 cm³/mol. The van der Waals surface area contributed by atoms with Gasteiger partial charge in [0.2, 0.25) is 0 Å². The lowest BCUT2D eigenvalue weighted by Crippen LogP contribution is -2.32. The molecule has 2 rings (SSSR count). The fourth-order valence-electron chi connectivity index (χ4n) is 2.76. The molecule has 1 fully saturated rings. The first kappa shape index (κ1) is 14.9. The first-order chi connectivity index (χ1) is 9.56. The zero-order valence-corrected chi connectivity index (χ0v) is 12.2. The van der Waals surface area contributed by atoms with Crippen LogP contribution >= 0.6 is 0 Å². The Balaban J connectivity index is 1.98. The van der Waals surface area contributed by atoms with Gasteiger partial charge in [-0.25, -0.2) is 0 Å². The van der Waals surface area contributed by atoms with Gasteiger partial charge in [-0.05, 0) is 51.9 Å². The molecule has 5 nitrogen and oxygen atoms in total. The summed E-state index contributed by atoms with van der Waals surface area (Å²) in [7, 11) is 2.16. The molecule has 110 valence electrons. The number of non-ortho nitro benzene ring substituents is 1. The molecule has 0 spiro atoms. The standard InChI is InChI=1S/C15H23N3O2/c1-12(13-5-3-7-15(11-13)18(19)20)16-14-6-4-9-17(2)10-8-14/h3,5,7,11-12,14,16H,4,6,8-10H2,1-2H3. The summed E-state index contributed by atoms with van der Waals surface area (Å²) in [5, 5.41) is 14.4. The maximum Gasteiger partial charge on any atom is 0.269 e. The van der Waals surface area contributed by atoms with Gasteiger partial charge in [0.15, 0.2) is 0 Å². The van der Waals surface area contributed by atoms with Crippen molar-refractivity contribution in [1.82, 2.24) is 10.2 Å². The Morgan fingerprint density at radius 2 is 2.20 bits per heavy atom. The summed E-state index contributed by atoms with van der Waals surface area (Å²) in [4.78, 5) is 12.9. The van der Waals surface area contributed by atoms with Crippen molar-refractivity contribution in [2.24, 2.45) is 0 Å². The molecule has 1 saturated heterocycles. The van der Waals surface area contributed by atoms with E-state index < -0.39 is 0 Å². The van der Waals surface area contributed by atoms with Gasteiger partial charge < -0.3 is 10.2 Å². The molecule has 0 aliphatic carbocycles. The highest BCUT2D eigenvalue weighted by Crippen LogP contribution is 2.21. The van der Waals surface area contributed by atoms with Gasteiger partial charge in [0, 0.05) is 24.2 Å². The normalized spacial score (nSPS) is 22.2. The summed E-state index contributed by atoms with van der Waals surface area (Å²) < 4.78 is 0. The van der Waals surface area contributed by atoms with Crippen LogP contribution in [0.3, 0.4) is 0 Å². The highest BCUT2D eigenvalue weighted by Gasteiger charge is 2.18. The minimum absolute atomic E-state index is 0.142. The van der Waals surface area contributed by atoms with E-state index in [1.54, 1.807) is 12.1 Å². The molecular weight excluding hydrogens is 254 g/mol. The van der Waals surface area contributed by atoms with Crippen LogP contribution < -0.4 is 5.32 Å². The molecule has 0 radical (unpaired) electrons. The SMILES string of the molecule is CC(NC1CCCN(C)CC1)c1cccc([N+](=O)[O-])c1. The molecule has 0 aromatic heterocycles. The van der Waals surface area contributed by atoms with E-state index in [0.717, 1.165) is 25.1 Å². The zero-order valence-electron chi connectivity index (χ0n) is 12.2. The van der Waals surface area contributed by atoms with E-state index in [2.05, 4.69) is 24.2 Å². The van der Waals surface area contributed by atoms with E-state index in [1.807, 2.05) is 6.07 Å². The number of nitro benzene ring substituents is 1. The van der Waals surface area contributed by atoms with Crippen LogP contribution in [-0.4, -0.2) is 36.0 Å². The minimum Gasteiger partial charge on any atom is -0.307 e. The van der Waals surface area contributed by atoms with Crippen LogP contribution in [0, 0.1) is 10.1 Å². The lowest BCUT2D eigenvalue weighted by Gasteiger charge is -2.22. The van der Waals surface area contributed by atoms with Crippen molar-refractivity contribution < 1.29 is 4.92 Å². The molecule has 1 N–H and O–H groups in total. The maximum atomic E-state index is 10.8. The van der Waals surface area contributed by atoms with Gasteiger partial charge in [0.05, 0.1) is 4.92 Å².